The van der Waals surface area contributed by atoms with Gasteiger partial charge in [-0.2, -0.15) is 0 Å². The van der Waals surface area contributed by atoms with Gasteiger partial charge in [0.2, 0.25) is 11.8 Å². The first-order chi connectivity index (χ1) is 9.84. The van der Waals surface area contributed by atoms with Gasteiger partial charge in [0.15, 0.2) is 0 Å². The third-order valence-electron chi connectivity index (χ3n) is 4.21. The molecule has 120 valence electrons. The molecule has 6 nitrogen and oxygen atoms in total. The highest BCUT2D eigenvalue weighted by Crippen LogP contribution is 2.44. The second kappa shape index (κ2) is 6.32. The molecule has 2 fully saturated rings. The molecule has 2 amide bonds. The summed E-state index contributed by atoms with van der Waals surface area (Å²) in [6, 6.07) is 0.0789. The predicted octanol–water partition coefficient (Wildman–Crippen LogP) is -0.184. The fraction of sp³-hybridized carbons (Fsp3) is 0.867. The van der Waals surface area contributed by atoms with Gasteiger partial charge in [-0.15, -0.1) is 0 Å². The van der Waals surface area contributed by atoms with Crippen molar-refractivity contribution < 1.29 is 14.7 Å². The van der Waals surface area contributed by atoms with E-state index in [0.29, 0.717) is 25.6 Å². The Hall–Kier alpha value is -1.14. The zero-order valence-corrected chi connectivity index (χ0v) is 13.3. The van der Waals surface area contributed by atoms with Gasteiger partial charge in [0.1, 0.15) is 0 Å². The van der Waals surface area contributed by atoms with E-state index in [1.165, 1.54) is 0 Å². The van der Waals surface area contributed by atoms with Gasteiger partial charge in [0.25, 0.3) is 0 Å². The molecule has 2 N–H and O–H groups in total. The lowest BCUT2D eigenvalue weighted by atomic mass is 9.89. The number of amides is 2. The van der Waals surface area contributed by atoms with Gasteiger partial charge in [-0.05, 0) is 39.5 Å². The van der Waals surface area contributed by atoms with Crippen LogP contribution in [0.2, 0.25) is 0 Å². The molecular weight excluding hydrogens is 270 g/mol. The number of hydrogen-bond donors (Lipinski definition) is 2. The van der Waals surface area contributed by atoms with Gasteiger partial charge in [-0.3, -0.25) is 14.5 Å². The van der Waals surface area contributed by atoms with E-state index >= 15 is 0 Å². The third-order valence-corrected chi connectivity index (χ3v) is 4.21. The van der Waals surface area contributed by atoms with E-state index in [0.717, 1.165) is 12.8 Å². The Bertz CT molecular complexity index is 401. The van der Waals surface area contributed by atoms with Crippen molar-refractivity contribution in [3.8, 4) is 0 Å². The molecule has 0 unspecified atom stereocenters. The minimum Gasteiger partial charge on any atom is -0.387 e. The summed E-state index contributed by atoms with van der Waals surface area (Å²) in [5.74, 6) is 0.260. The number of rotatable bonds is 7. The maximum atomic E-state index is 12.2. The molecule has 2 aliphatic rings. The number of likely N-dealkylation sites (N-methyl/N-ethyl adjacent to an activating group) is 1. The molecule has 2 rings (SSSR count). The van der Waals surface area contributed by atoms with Crippen LogP contribution in [0.4, 0.5) is 0 Å². The number of likely N-dealkylation sites (tertiary alicyclic amines) is 1. The first-order valence-electron chi connectivity index (χ1n) is 7.86. The van der Waals surface area contributed by atoms with Crippen LogP contribution in [0.25, 0.3) is 0 Å². The van der Waals surface area contributed by atoms with Crippen molar-refractivity contribution in [2.75, 3.05) is 32.7 Å². The highest BCUT2D eigenvalue weighted by atomic mass is 16.3. The SMILES string of the molecule is CCN(CC(=O)NC(C)C)C(=O)CN1CC(O)(C2CC2)C1. The van der Waals surface area contributed by atoms with Crippen molar-refractivity contribution in [2.45, 2.75) is 45.3 Å². The van der Waals surface area contributed by atoms with Gasteiger partial charge in [-0.25, -0.2) is 0 Å². The molecule has 0 aromatic carbocycles. The largest absolute Gasteiger partial charge is 0.387 e. The zero-order valence-electron chi connectivity index (χ0n) is 13.3. The Morgan fingerprint density at radius 2 is 2.00 bits per heavy atom. The maximum Gasteiger partial charge on any atom is 0.239 e. The standard InChI is InChI=1S/C15H27N3O3/c1-4-18(7-13(19)16-11(2)3)14(20)8-17-9-15(21,10-17)12-5-6-12/h11-12,21H,4-10H2,1-3H3,(H,16,19). The van der Waals surface area contributed by atoms with Crippen molar-refractivity contribution in [3.63, 3.8) is 0 Å². The predicted molar refractivity (Wildman–Crippen MR) is 79.6 cm³/mol. The summed E-state index contributed by atoms with van der Waals surface area (Å²) in [6.45, 7) is 7.75. The summed E-state index contributed by atoms with van der Waals surface area (Å²) in [7, 11) is 0. The second-order valence-corrected chi connectivity index (χ2v) is 6.65. The summed E-state index contributed by atoms with van der Waals surface area (Å²) in [4.78, 5) is 27.5. The molecule has 0 bridgehead atoms. The number of β-amino-alcohol motifs (C(OH)–C–C–N with tert-alkyl or cyclic N) is 1. The Kier molecular flexibility index (Phi) is 4.88. The first-order valence-corrected chi connectivity index (χ1v) is 7.86. The average Bonchev–Trinajstić information content (AvgIpc) is 3.17. The van der Waals surface area contributed by atoms with Crippen LogP contribution in [0.3, 0.4) is 0 Å². The first kappa shape index (κ1) is 16.2. The highest BCUT2D eigenvalue weighted by molar-refractivity contribution is 5.85. The Morgan fingerprint density at radius 1 is 1.38 bits per heavy atom. The van der Waals surface area contributed by atoms with Crippen LogP contribution >= 0.6 is 0 Å². The number of nitrogens with one attached hydrogen (secondary N) is 1. The number of hydrogen-bond acceptors (Lipinski definition) is 4. The molecule has 1 heterocycles. The molecule has 1 aliphatic heterocycles. The van der Waals surface area contributed by atoms with Crippen molar-refractivity contribution in [1.29, 1.82) is 0 Å². The smallest absolute Gasteiger partial charge is 0.239 e. The highest BCUT2D eigenvalue weighted by Gasteiger charge is 2.52. The average molecular weight is 297 g/mol. The molecule has 0 aromatic heterocycles. The minimum absolute atomic E-state index is 0.0470. The molecule has 1 saturated carbocycles. The van der Waals surface area contributed by atoms with Crippen molar-refractivity contribution in [2.24, 2.45) is 5.92 Å². The fourth-order valence-corrected chi connectivity index (χ4v) is 2.93. The van der Waals surface area contributed by atoms with E-state index < -0.39 is 5.60 Å². The molecule has 6 heteroatoms. The summed E-state index contributed by atoms with van der Waals surface area (Å²) >= 11 is 0. The van der Waals surface area contributed by atoms with E-state index in [-0.39, 0.29) is 30.9 Å². The van der Waals surface area contributed by atoms with Crippen molar-refractivity contribution in [3.05, 3.63) is 0 Å². The van der Waals surface area contributed by atoms with Crippen LogP contribution in [-0.4, -0.2) is 71.1 Å². The number of nitrogens with zero attached hydrogens (tertiary/aromatic N) is 2. The van der Waals surface area contributed by atoms with E-state index in [2.05, 4.69) is 5.32 Å². The van der Waals surface area contributed by atoms with Gasteiger partial charge in [-0.1, -0.05) is 0 Å². The lowest BCUT2D eigenvalue weighted by molar-refractivity contribution is -0.146. The maximum absolute atomic E-state index is 12.2. The number of carbonyl (C=O) groups excluding carboxylic acids is 2. The quantitative estimate of drug-likeness (QED) is 0.683. The summed E-state index contributed by atoms with van der Waals surface area (Å²) in [5, 5.41) is 13.0. The van der Waals surface area contributed by atoms with Crippen molar-refractivity contribution in [1.82, 2.24) is 15.1 Å². The topological polar surface area (TPSA) is 72.9 Å². The molecule has 0 spiro atoms. The van der Waals surface area contributed by atoms with Crippen LogP contribution in [0.15, 0.2) is 0 Å². The van der Waals surface area contributed by atoms with Gasteiger partial charge >= 0.3 is 0 Å². The third kappa shape index (κ3) is 4.17. The fourth-order valence-electron chi connectivity index (χ4n) is 2.93. The van der Waals surface area contributed by atoms with Crippen molar-refractivity contribution >= 4 is 11.8 Å². The number of aliphatic hydroxyl groups is 1. The minimum atomic E-state index is -0.563. The van der Waals surface area contributed by atoms with E-state index in [1.807, 2.05) is 25.7 Å². The molecule has 0 atom stereocenters. The summed E-state index contributed by atoms with van der Waals surface area (Å²) in [5.41, 5.74) is -0.563. The second-order valence-electron chi connectivity index (χ2n) is 6.65. The lowest BCUT2D eigenvalue weighted by Gasteiger charge is -2.47. The van der Waals surface area contributed by atoms with Gasteiger partial charge < -0.3 is 15.3 Å². The Morgan fingerprint density at radius 3 is 2.48 bits per heavy atom. The van der Waals surface area contributed by atoms with Crippen LogP contribution in [0.5, 0.6) is 0 Å². The van der Waals surface area contributed by atoms with Crippen LogP contribution in [-0.2, 0) is 9.59 Å². The van der Waals surface area contributed by atoms with Gasteiger partial charge in [0.05, 0.1) is 18.7 Å². The summed E-state index contributed by atoms with van der Waals surface area (Å²) in [6.07, 6.45) is 2.21. The lowest BCUT2D eigenvalue weighted by Crippen LogP contribution is -2.64. The van der Waals surface area contributed by atoms with Gasteiger partial charge in [0, 0.05) is 25.7 Å². The summed E-state index contributed by atoms with van der Waals surface area (Å²) < 4.78 is 0. The Balaban J connectivity index is 1.74. The van der Waals surface area contributed by atoms with E-state index in [9.17, 15) is 14.7 Å². The molecule has 0 aromatic rings. The van der Waals surface area contributed by atoms with Crippen LogP contribution < -0.4 is 5.32 Å². The van der Waals surface area contributed by atoms with E-state index in [4.69, 9.17) is 0 Å². The Labute approximate surface area is 126 Å². The normalized spacial score (nSPS) is 21.0. The number of carbonyl (C=O) groups is 2. The monoisotopic (exact) mass is 297 g/mol. The molecular formula is C15H27N3O3. The molecule has 1 saturated heterocycles. The molecule has 0 radical (unpaired) electrons. The molecule has 21 heavy (non-hydrogen) atoms. The van der Waals surface area contributed by atoms with E-state index in [1.54, 1.807) is 4.90 Å². The van der Waals surface area contributed by atoms with Crippen LogP contribution in [0.1, 0.15) is 33.6 Å². The van der Waals surface area contributed by atoms with Crippen LogP contribution in [0, 0.1) is 5.92 Å². The molecule has 1 aliphatic carbocycles. The zero-order chi connectivity index (χ0) is 15.6.